The van der Waals surface area contributed by atoms with E-state index in [0.29, 0.717) is 16.3 Å². The molecule has 1 heterocycles. The molecule has 150 valence electrons. The first-order valence-corrected chi connectivity index (χ1v) is 10.3. The molecular formula is C23H23NO4S. The zero-order chi connectivity index (χ0) is 20.6. The molecule has 0 fully saturated rings. The summed E-state index contributed by atoms with van der Waals surface area (Å²) >= 11 is 1.37. The molecule has 0 saturated carbocycles. The first-order valence-electron chi connectivity index (χ1n) is 9.48. The third kappa shape index (κ3) is 5.45. The number of rotatable bonds is 8. The van der Waals surface area contributed by atoms with E-state index in [-0.39, 0.29) is 19.1 Å². The number of benzene rings is 2. The number of aryl methyl sites for hydroxylation is 1. The van der Waals surface area contributed by atoms with Crippen molar-refractivity contribution in [2.24, 2.45) is 0 Å². The number of thiophene rings is 1. The number of ether oxygens (including phenoxy) is 2. The second-order valence-corrected chi connectivity index (χ2v) is 7.39. The number of amides is 1. The van der Waals surface area contributed by atoms with Crippen LogP contribution in [0.15, 0.2) is 60.7 Å². The predicted octanol–water partition coefficient (Wildman–Crippen LogP) is 5.17. The summed E-state index contributed by atoms with van der Waals surface area (Å²) < 4.78 is 10.7. The molecule has 1 aromatic heterocycles. The second kappa shape index (κ2) is 9.89. The van der Waals surface area contributed by atoms with Crippen molar-refractivity contribution in [3.63, 3.8) is 0 Å². The average Bonchev–Trinajstić information content (AvgIpc) is 3.16. The summed E-state index contributed by atoms with van der Waals surface area (Å²) in [5, 5.41) is 3.26. The van der Waals surface area contributed by atoms with Crippen molar-refractivity contribution >= 4 is 28.2 Å². The Labute approximate surface area is 174 Å². The summed E-state index contributed by atoms with van der Waals surface area (Å²) in [5.74, 6) is -0.158. The molecule has 0 bridgehead atoms. The van der Waals surface area contributed by atoms with Crippen LogP contribution in [-0.4, -0.2) is 25.1 Å². The number of carbonyl (C=O) groups is 2. The van der Waals surface area contributed by atoms with Crippen LogP contribution in [0.3, 0.4) is 0 Å². The summed E-state index contributed by atoms with van der Waals surface area (Å²) in [6.45, 7) is 3.88. The van der Waals surface area contributed by atoms with Crippen molar-refractivity contribution in [1.29, 1.82) is 0 Å². The van der Waals surface area contributed by atoms with Crippen molar-refractivity contribution in [3.8, 4) is 16.9 Å². The van der Waals surface area contributed by atoms with Gasteiger partial charge in [-0.25, -0.2) is 4.79 Å². The molecule has 2 aromatic carbocycles. The highest BCUT2D eigenvalue weighted by atomic mass is 32.1. The molecule has 0 unspecified atom stereocenters. The largest absolute Gasteiger partial charge is 0.484 e. The zero-order valence-electron chi connectivity index (χ0n) is 16.4. The molecule has 0 aliphatic heterocycles. The van der Waals surface area contributed by atoms with Crippen LogP contribution in [-0.2, 0) is 16.0 Å². The normalized spacial score (nSPS) is 10.4. The molecule has 6 heteroatoms. The van der Waals surface area contributed by atoms with Crippen LogP contribution in [0.1, 0.15) is 29.1 Å². The third-order valence-electron chi connectivity index (χ3n) is 4.21. The Kier molecular flexibility index (Phi) is 7.03. The van der Waals surface area contributed by atoms with Crippen molar-refractivity contribution in [1.82, 2.24) is 0 Å². The van der Waals surface area contributed by atoms with E-state index < -0.39 is 5.97 Å². The highest BCUT2D eigenvalue weighted by Crippen LogP contribution is 2.29. The van der Waals surface area contributed by atoms with Crippen LogP contribution in [0, 0.1) is 0 Å². The number of hydrogen-bond donors (Lipinski definition) is 1. The second-order valence-electron chi connectivity index (χ2n) is 6.26. The molecule has 5 nitrogen and oxygen atoms in total. The fraction of sp³-hybridized carbons (Fsp3) is 0.217. The van der Waals surface area contributed by atoms with Crippen molar-refractivity contribution in [2.75, 3.05) is 18.5 Å². The van der Waals surface area contributed by atoms with Gasteiger partial charge >= 0.3 is 5.97 Å². The maximum Gasteiger partial charge on any atom is 0.341 e. The average molecular weight is 410 g/mol. The molecule has 1 amide bonds. The first kappa shape index (κ1) is 20.6. The lowest BCUT2D eigenvalue weighted by Crippen LogP contribution is -2.21. The van der Waals surface area contributed by atoms with Gasteiger partial charge in [-0.05, 0) is 42.7 Å². The molecular weight excluding hydrogens is 386 g/mol. The molecule has 1 N–H and O–H groups in total. The Morgan fingerprint density at radius 3 is 2.31 bits per heavy atom. The van der Waals surface area contributed by atoms with E-state index >= 15 is 0 Å². The number of hydrogen-bond acceptors (Lipinski definition) is 5. The number of nitrogens with one attached hydrogen (secondary N) is 1. The Morgan fingerprint density at radius 2 is 1.66 bits per heavy atom. The van der Waals surface area contributed by atoms with E-state index in [4.69, 9.17) is 9.47 Å². The van der Waals surface area contributed by atoms with Crippen LogP contribution in [0.2, 0.25) is 0 Å². The van der Waals surface area contributed by atoms with E-state index in [0.717, 1.165) is 22.4 Å². The Morgan fingerprint density at radius 1 is 0.966 bits per heavy atom. The van der Waals surface area contributed by atoms with Crippen molar-refractivity contribution < 1.29 is 19.1 Å². The van der Waals surface area contributed by atoms with Crippen LogP contribution >= 0.6 is 11.3 Å². The summed E-state index contributed by atoms with van der Waals surface area (Å²) in [6.07, 6.45) is 0.775. The first-order chi connectivity index (χ1) is 14.1. The number of esters is 1. The maximum atomic E-state index is 12.3. The van der Waals surface area contributed by atoms with Gasteiger partial charge in [0.2, 0.25) is 0 Å². The van der Waals surface area contributed by atoms with Crippen LogP contribution in [0.5, 0.6) is 5.75 Å². The molecule has 0 saturated heterocycles. The van der Waals surface area contributed by atoms with Gasteiger partial charge in [0, 0.05) is 4.88 Å². The summed E-state index contributed by atoms with van der Waals surface area (Å²) in [6, 6.07) is 19.4. The van der Waals surface area contributed by atoms with Gasteiger partial charge in [-0.15, -0.1) is 11.3 Å². The lowest BCUT2D eigenvalue weighted by atomic mass is 10.1. The topological polar surface area (TPSA) is 64.6 Å². The van der Waals surface area contributed by atoms with Gasteiger partial charge < -0.3 is 14.8 Å². The van der Waals surface area contributed by atoms with E-state index in [9.17, 15) is 9.59 Å². The highest BCUT2D eigenvalue weighted by molar-refractivity contribution is 7.16. The quantitative estimate of drug-likeness (QED) is 0.521. The van der Waals surface area contributed by atoms with Crippen LogP contribution in [0.25, 0.3) is 11.1 Å². The molecule has 0 aliphatic carbocycles. The molecule has 29 heavy (non-hydrogen) atoms. The van der Waals surface area contributed by atoms with Gasteiger partial charge in [0.25, 0.3) is 5.91 Å². The number of carbonyl (C=O) groups excluding carboxylic acids is 2. The molecule has 0 atom stereocenters. The SMILES string of the molecule is CCOC(=O)c1cc(CC)sc1NC(=O)COc1ccc(-c2ccccc2)cc1. The minimum atomic E-state index is -0.434. The van der Waals surface area contributed by atoms with Gasteiger partial charge in [0.05, 0.1) is 12.2 Å². The highest BCUT2D eigenvalue weighted by Gasteiger charge is 2.18. The smallest absolute Gasteiger partial charge is 0.341 e. The monoisotopic (exact) mass is 409 g/mol. The number of anilines is 1. The Balaban J connectivity index is 1.60. The van der Waals surface area contributed by atoms with Gasteiger partial charge in [-0.1, -0.05) is 49.4 Å². The van der Waals surface area contributed by atoms with Crippen LogP contribution in [0.4, 0.5) is 5.00 Å². The third-order valence-corrected chi connectivity index (χ3v) is 5.41. The molecule has 3 rings (SSSR count). The minimum Gasteiger partial charge on any atom is -0.484 e. The van der Waals surface area contributed by atoms with E-state index in [1.165, 1.54) is 11.3 Å². The van der Waals surface area contributed by atoms with Crippen LogP contribution < -0.4 is 10.1 Å². The summed E-state index contributed by atoms with van der Waals surface area (Å²) in [7, 11) is 0. The molecule has 0 spiro atoms. The molecule has 3 aromatic rings. The van der Waals surface area contributed by atoms with Gasteiger partial charge in [0.15, 0.2) is 6.61 Å². The molecule has 0 aliphatic rings. The van der Waals surface area contributed by atoms with Gasteiger partial charge in [-0.2, -0.15) is 0 Å². The molecule has 0 radical (unpaired) electrons. The van der Waals surface area contributed by atoms with Gasteiger partial charge in [0.1, 0.15) is 10.8 Å². The fourth-order valence-corrected chi connectivity index (χ4v) is 3.76. The fourth-order valence-electron chi connectivity index (χ4n) is 2.76. The van der Waals surface area contributed by atoms with Crippen molar-refractivity contribution in [2.45, 2.75) is 20.3 Å². The Hall–Kier alpha value is -3.12. The summed E-state index contributed by atoms with van der Waals surface area (Å²) in [5.41, 5.74) is 2.58. The van der Waals surface area contributed by atoms with Gasteiger partial charge in [-0.3, -0.25) is 4.79 Å². The van der Waals surface area contributed by atoms with E-state index in [1.807, 2.05) is 61.5 Å². The van der Waals surface area contributed by atoms with E-state index in [1.54, 1.807) is 13.0 Å². The lowest BCUT2D eigenvalue weighted by Gasteiger charge is -2.09. The Bertz CT molecular complexity index is 964. The zero-order valence-corrected chi connectivity index (χ0v) is 17.3. The summed E-state index contributed by atoms with van der Waals surface area (Å²) in [4.78, 5) is 25.4. The standard InChI is InChI=1S/C23H23NO4S/c1-3-19-14-20(23(26)27-4-2)22(29-19)24-21(25)15-28-18-12-10-17(11-13-18)16-8-6-5-7-9-16/h5-14H,3-4,15H2,1-2H3,(H,24,25). The minimum absolute atomic E-state index is 0.147. The predicted molar refractivity (Wildman–Crippen MR) is 116 cm³/mol. The van der Waals surface area contributed by atoms with E-state index in [2.05, 4.69) is 5.32 Å². The lowest BCUT2D eigenvalue weighted by molar-refractivity contribution is -0.118. The maximum absolute atomic E-state index is 12.3. The van der Waals surface area contributed by atoms with Crippen molar-refractivity contribution in [3.05, 3.63) is 71.1 Å².